The van der Waals surface area contributed by atoms with Crippen LogP contribution in [0, 0.1) is 5.41 Å². The molecule has 0 saturated carbocycles. The van der Waals surface area contributed by atoms with Gasteiger partial charge in [0.05, 0.1) is 0 Å². The summed E-state index contributed by atoms with van der Waals surface area (Å²) in [6.07, 6.45) is 2.20. The Morgan fingerprint density at radius 2 is 2.25 bits per heavy atom. The van der Waals surface area contributed by atoms with E-state index in [-0.39, 0.29) is 0 Å². The van der Waals surface area contributed by atoms with Gasteiger partial charge in [-0.2, -0.15) is 0 Å². The molecule has 8 heavy (non-hydrogen) atoms. The predicted octanol–water partition coefficient (Wildman–Crippen LogP) is -0.426. The van der Waals surface area contributed by atoms with Crippen molar-refractivity contribution in [1.29, 1.82) is 5.41 Å². The standard InChI is InChI=1S/C5H13N3/c6-2-1-4-8-5-3-7/h2,6,8H,1,3-5,7H2. The van der Waals surface area contributed by atoms with Gasteiger partial charge in [0.1, 0.15) is 0 Å². The fraction of sp³-hybridized carbons (Fsp3) is 0.800. The molecule has 0 aliphatic carbocycles. The Hall–Kier alpha value is -0.410. The maximum absolute atomic E-state index is 6.64. The molecule has 3 heteroatoms. The minimum atomic E-state index is 0.679. The normalized spacial score (nSPS) is 9.12. The van der Waals surface area contributed by atoms with Crippen LogP contribution in [0.25, 0.3) is 0 Å². The molecule has 0 heterocycles. The maximum Gasteiger partial charge on any atom is 0.00746 e. The molecule has 0 aromatic rings. The second-order valence-electron chi connectivity index (χ2n) is 1.53. The largest absolute Gasteiger partial charge is 0.329 e. The van der Waals surface area contributed by atoms with Crippen LogP contribution in [0.4, 0.5) is 0 Å². The molecular weight excluding hydrogens is 102 g/mol. The molecule has 4 N–H and O–H groups in total. The van der Waals surface area contributed by atoms with Crippen molar-refractivity contribution in [3.05, 3.63) is 0 Å². The van der Waals surface area contributed by atoms with Gasteiger partial charge in [-0.05, 0) is 12.6 Å². The highest BCUT2D eigenvalue weighted by Crippen LogP contribution is 1.64. The molecule has 48 valence electrons. The fourth-order valence-corrected chi connectivity index (χ4v) is 0.401. The van der Waals surface area contributed by atoms with Crippen molar-refractivity contribution >= 4 is 6.21 Å². The summed E-state index contributed by atoms with van der Waals surface area (Å²) in [7, 11) is 0. The van der Waals surface area contributed by atoms with Gasteiger partial charge in [0.15, 0.2) is 0 Å². The van der Waals surface area contributed by atoms with E-state index in [9.17, 15) is 0 Å². The Kier molecular flexibility index (Phi) is 6.25. The molecule has 0 amide bonds. The maximum atomic E-state index is 6.64. The summed E-state index contributed by atoms with van der Waals surface area (Å²) < 4.78 is 0. The van der Waals surface area contributed by atoms with Crippen LogP contribution in [0.1, 0.15) is 6.42 Å². The van der Waals surface area contributed by atoms with Crippen molar-refractivity contribution in [2.75, 3.05) is 19.6 Å². The van der Waals surface area contributed by atoms with Crippen LogP contribution < -0.4 is 11.1 Å². The Morgan fingerprint density at radius 3 is 2.75 bits per heavy atom. The molecule has 0 aromatic carbocycles. The lowest BCUT2D eigenvalue weighted by Crippen LogP contribution is -2.23. The average Bonchev–Trinajstić information content (AvgIpc) is 1.81. The van der Waals surface area contributed by atoms with E-state index in [1.54, 1.807) is 0 Å². The third-order valence-corrected chi connectivity index (χ3v) is 0.787. The third kappa shape index (κ3) is 5.59. The molecule has 0 saturated heterocycles. The topological polar surface area (TPSA) is 61.9 Å². The summed E-state index contributed by atoms with van der Waals surface area (Å²) in [4.78, 5) is 0. The number of hydrogen-bond donors (Lipinski definition) is 3. The van der Waals surface area contributed by atoms with Gasteiger partial charge in [-0.1, -0.05) is 0 Å². The van der Waals surface area contributed by atoms with Gasteiger partial charge in [0.25, 0.3) is 0 Å². The summed E-state index contributed by atoms with van der Waals surface area (Å²) in [5, 5.41) is 9.70. The lowest BCUT2D eigenvalue weighted by Gasteiger charge is -1.96. The minimum Gasteiger partial charge on any atom is -0.329 e. The number of hydrogen-bond acceptors (Lipinski definition) is 3. The van der Waals surface area contributed by atoms with Crippen molar-refractivity contribution in [2.24, 2.45) is 5.73 Å². The Labute approximate surface area is 49.8 Å². The first kappa shape index (κ1) is 7.59. The van der Waals surface area contributed by atoms with E-state index < -0.39 is 0 Å². The molecule has 0 spiro atoms. The van der Waals surface area contributed by atoms with Crippen molar-refractivity contribution in [2.45, 2.75) is 6.42 Å². The quantitative estimate of drug-likeness (QED) is 0.336. The molecule has 0 rings (SSSR count). The average molecular weight is 115 g/mol. The summed E-state index contributed by atoms with van der Waals surface area (Å²) in [6, 6.07) is 0. The van der Waals surface area contributed by atoms with Crippen LogP contribution in [0.5, 0.6) is 0 Å². The van der Waals surface area contributed by atoms with E-state index in [0.29, 0.717) is 6.54 Å². The highest BCUT2D eigenvalue weighted by molar-refractivity contribution is 5.52. The first-order valence-electron chi connectivity index (χ1n) is 2.81. The van der Waals surface area contributed by atoms with Crippen molar-refractivity contribution in [3.63, 3.8) is 0 Å². The van der Waals surface area contributed by atoms with Gasteiger partial charge in [0, 0.05) is 19.6 Å². The molecule has 0 atom stereocenters. The van der Waals surface area contributed by atoms with Gasteiger partial charge in [-0.15, -0.1) is 0 Å². The van der Waals surface area contributed by atoms with Crippen LogP contribution in [-0.2, 0) is 0 Å². The lowest BCUT2D eigenvalue weighted by atomic mass is 10.4. The van der Waals surface area contributed by atoms with E-state index in [0.717, 1.165) is 19.5 Å². The van der Waals surface area contributed by atoms with Gasteiger partial charge >= 0.3 is 0 Å². The number of rotatable bonds is 5. The highest BCUT2D eigenvalue weighted by Gasteiger charge is 1.79. The van der Waals surface area contributed by atoms with E-state index in [4.69, 9.17) is 11.1 Å². The molecule has 0 unspecified atom stereocenters. The molecule has 0 radical (unpaired) electrons. The van der Waals surface area contributed by atoms with Crippen LogP contribution in [0.3, 0.4) is 0 Å². The summed E-state index contributed by atoms with van der Waals surface area (Å²) >= 11 is 0. The van der Waals surface area contributed by atoms with Crippen LogP contribution in [0.2, 0.25) is 0 Å². The second-order valence-corrected chi connectivity index (χ2v) is 1.53. The van der Waals surface area contributed by atoms with Gasteiger partial charge in [-0.25, -0.2) is 0 Å². The number of nitrogens with one attached hydrogen (secondary N) is 2. The molecule has 0 aliphatic heterocycles. The summed E-state index contributed by atoms with van der Waals surface area (Å²) in [6.45, 7) is 2.41. The van der Waals surface area contributed by atoms with Crippen molar-refractivity contribution < 1.29 is 0 Å². The number of nitrogens with two attached hydrogens (primary N) is 1. The van der Waals surface area contributed by atoms with E-state index >= 15 is 0 Å². The van der Waals surface area contributed by atoms with Crippen molar-refractivity contribution in [3.8, 4) is 0 Å². The smallest absolute Gasteiger partial charge is 0.00746 e. The van der Waals surface area contributed by atoms with Gasteiger partial charge < -0.3 is 16.5 Å². The van der Waals surface area contributed by atoms with E-state index in [1.165, 1.54) is 6.21 Å². The minimum absolute atomic E-state index is 0.679. The first-order chi connectivity index (χ1) is 3.91. The van der Waals surface area contributed by atoms with Crippen molar-refractivity contribution in [1.82, 2.24) is 5.32 Å². The molecule has 0 aliphatic rings. The summed E-state index contributed by atoms with van der Waals surface area (Å²) in [5.74, 6) is 0. The Morgan fingerprint density at radius 1 is 1.50 bits per heavy atom. The second kappa shape index (κ2) is 6.59. The molecule has 0 fully saturated rings. The lowest BCUT2D eigenvalue weighted by molar-refractivity contribution is 0.707. The van der Waals surface area contributed by atoms with Crippen LogP contribution in [0.15, 0.2) is 0 Å². The zero-order valence-electron chi connectivity index (χ0n) is 4.98. The molecule has 3 nitrogen and oxygen atoms in total. The monoisotopic (exact) mass is 115 g/mol. The van der Waals surface area contributed by atoms with Crippen LogP contribution in [-0.4, -0.2) is 25.8 Å². The zero-order valence-corrected chi connectivity index (χ0v) is 4.98. The van der Waals surface area contributed by atoms with Crippen LogP contribution >= 0.6 is 0 Å². The molecule has 0 bridgehead atoms. The fourth-order valence-electron chi connectivity index (χ4n) is 0.401. The summed E-state index contributed by atoms with van der Waals surface area (Å²) in [5.41, 5.74) is 5.19. The van der Waals surface area contributed by atoms with E-state index in [2.05, 4.69) is 5.32 Å². The van der Waals surface area contributed by atoms with Gasteiger partial charge in [-0.3, -0.25) is 0 Å². The third-order valence-electron chi connectivity index (χ3n) is 0.787. The van der Waals surface area contributed by atoms with Gasteiger partial charge in [0.2, 0.25) is 0 Å². The Balaban J connectivity index is 2.62. The van der Waals surface area contributed by atoms with E-state index in [1.807, 2.05) is 0 Å². The first-order valence-corrected chi connectivity index (χ1v) is 2.81. The molecular formula is C5H13N3. The Bertz CT molecular complexity index is 53.6. The predicted molar refractivity (Wildman–Crippen MR) is 35.3 cm³/mol. The zero-order chi connectivity index (χ0) is 6.24. The molecule has 0 aromatic heterocycles. The highest BCUT2D eigenvalue weighted by atomic mass is 14.9. The SMILES string of the molecule is N=CCCNCCN.